The summed E-state index contributed by atoms with van der Waals surface area (Å²) in [6.45, 7) is 3.37. The molecule has 0 aromatic carbocycles. The molecule has 1 aliphatic heterocycles. The summed E-state index contributed by atoms with van der Waals surface area (Å²) in [4.78, 5) is 12.5. The fourth-order valence-electron chi connectivity index (χ4n) is 2.23. The predicted octanol–water partition coefficient (Wildman–Crippen LogP) is 1.46. The lowest BCUT2D eigenvalue weighted by molar-refractivity contribution is -0.182. The first-order valence-electron chi connectivity index (χ1n) is 5.64. The molecule has 0 radical (unpaired) electrons. The van der Waals surface area contributed by atoms with Crippen LogP contribution < -0.4 is 0 Å². The Morgan fingerprint density at radius 2 is 2.25 bits per heavy atom. The highest BCUT2D eigenvalue weighted by Gasteiger charge is 2.46. The third-order valence-corrected chi connectivity index (χ3v) is 3.53. The van der Waals surface area contributed by atoms with Crippen LogP contribution in [0.1, 0.15) is 26.2 Å². The molecular formula is C11H16O4S. The topological polar surface area (TPSA) is 44.8 Å². The summed E-state index contributed by atoms with van der Waals surface area (Å²) < 4.78 is 16.2. The number of thiocarbonyl (C=S) groups is 1. The van der Waals surface area contributed by atoms with Gasteiger partial charge in [-0.3, -0.25) is 4.79 Å². The van der Waals surface area contributed by atoms with Gasteiger partial charge < -0.3 is 14.2 Å². The number of hydrogen-bond donors (Lipinski definition) is 0. The zero-order valence-corrected chi connectivity index (χ0v) is 10.2. The largest absolute Gasteiger partial charge is 0.466 e. The van der Waals surface area contributed by atoms with Crippen molar-refractivity contribution >= 4 is 23.1 Å². The summed E-state index contributed by atoms with van der Waals surface area (Å²) in [6.07, 6.45) is 1.95. The monoisotopic (exact) mass is 244 g/mol. The maximum Gasteiger partial charge on any atom is 0.314 e. The van der Waals surface area contributed by atoms with Crippen LogP contribution in [0.3, 0.4) is 0 Å². The van der Waals surface area contributed by atoms with Crippen molar-refractivity contribution in [3.63, 3.8) is 0 Å². The van der Waals surface area contributed by atoms with E-state index in [-0.39, 0.29) is 11.9 Å². The van der Waals surface area contributed by atoms with Crippen LogP contribution in [0.5, 0.6) is 0 Å². The maximum absolute atomic E-state index is 11.7. The minimum atomic E-state index is -0.584. The van der Waals surface area contributed by atoms with Gasteiger partial charge in [0, 0.05) is 17.7 Å². The van der Waals surface area contributed by atoms with Gasteiger partial charge >= 0.3 is 5.97 Å². The molecule has 4 nitrogen and oxygen atoms in total. The van der Waals surface area contributed by atoms with Gasteiger partial charge in [0.1, 0.15) is 0 Å². The second kappa shape index (κ2) is 4.77. The first kappa shape index (κ1) is 12.0. The van der Waals surface area contributed by atoms with E-state index in [4.69, 9.17) is 26.4 Å². The molecule has 0 N–H and O–H groups in total. The van der Waals surface area contributed by atoms with Crippen molar-refractivity contribution in [3.8, 4) is 0 Å². The zero-order chi connectivity index (χ0) is 11.6. The summed E-state index contributed by atoms with van der Waals surface area (Å²) in [7, 11) is 0. The van der Waals surface area contributed by atoms with Gasteiger partial charge in [0.25, 0.3) is 0 Å². The van der Waals surface area contributed by atoms with Crippen molar-refractivity contribution in [2.24, 2.45) is 5.92 Å². The lowest BCUT2D eigenvalue weighted by Gasteiger charge is -2.35. The highest BCUT2D eigenvalue weighted by atomic mass is 32.1. The van der Waals surface area contributed by atoms with E-state index in [1.807, 2.05) is 0 Å². The highest BCUT2D eigenvalue weighted by molar-refractivity contribution is 7.80. The Morgan fingerprint density at radius 1 is 1.56 bits per heavy atom. The summed E-state index contributed by atoms with van der Waals surface area (Å²) in [5.41, 5.74) is 0. The second-order valence-electron chi connectivity index (χ2n) is 4.08. The number of rotatable bonds is 2. The fourth-order valence-corrected chi connectivity index (χ4v) is 2.51. The van der Waals surface area contributed by atoms with Crippen LogP contribution in [-0.2, 0) is 19.0 Å². The molecule has 90 valence electrons. The molecule has 1 atom stereocenters. The molecule has 5 heteroatoms. The van der Waals surface area contributed by atoms with E-state index in [2.05, 4.69) is 0 Å². The highest BCUT2D eigenvalue weighted by Crippen LogP contribution is 2.38. The van der Waals surface area contributed by atoms with Crippen molar-refractivity contribution < 1.29 is 19.0 Å². The molecule has 1 spiro atoms. The lowest BCUT2D eigenvalue weighted by atomic mass is 9.84. The third-order valence-electron chi connectivity index (χ3n) is 3.04. The molecule has 1 saturated heterocycles. The van der Waals surface area contributed by atoms with Crippen molar-refractivity contribution in [2.75, 3.05) is 19.8 Å². The molecule has 0 aromatic heterocycles. The van der Waals surface area contributed by atoms with Gasteiger partial charge in [-0.05, 0) is 13.3 Å². The number of carbonyl (C=O) groups is 1. The minimum absolute atomic E-state index is 0.245. The normalized spacial score (nSPS) is 28.3. The van der Waals surface area contributed by atoms with E-state index in [0.29, 0.717) is 32.7 Å². The van der Waals surface area contributed by atoms with E-state index in [9.17, 15) is 4.79 Å². The van der Waals surface area contributed by atoms with E-state index in [1.165, 1.54) is 0 Å². The standard InChI is InChI=1S/C11H16O4S/c1-2-13-10(12)8-7-11(4-3-9(8)16)14-5-6-15-11/h8H,2-7H2,1H3. The Kier molecular flexibility index (Phi) is 3.56. The van der Waals surface area contributed by atoms with Crippen molar-refractivity contribution in [1.82, 2.24) is 0 Å². The molecule has 1 unspecified atom stereocenters. The fraction of sp³-hybridized carbons (Fsp3) is 0.818. The summed E-state index contributed by atoms with van der Waals surface area (Å²) in [5.74, 6) is -1.17. The predicted molar refractivity (Wildman–Crippen MR) is 61.2 cm³/mol. The Hall–Kier alpha value is -0.520. The quantitative estimate of drug-likeness (QED) is 0.543. The minimum Gasteiger partial charge on any atom is -0.466 e. The Balaban J connectivity index is 2.05. The molecule has 1 heterocycles. The summed E-state index contributed by atoms with van der Waals surface area (Å²) >= 11 is 5.22. The van der Waals surface area contributed by atoms with Crippen LogP contribution in [0.4, 0.5) is 0 Å². The van der Waals surface area contributed by atoms with Crippen LogP contribution in [0, 0.1) is 5.92 Å². The van der Waals surface area contributed by atoms with Gasteiger partial charge in [0.05, 0.1) is 25.7 Å². The number of esters is 1. The van der Waals surface area contributed by atoms with E-state index in [0.717, 1.165) is 11.3 Å². The van der Waals surface area contributed by atoms with E-state index in [1.54, 1.807) is 6.92 Å². The molecular weight excluding hydrogens is 228 g/mol. The van der Waals surface area contributed by atoms with Gasteiger partial charge in [-0.1, -0.05) is 12.2 Å². The Morgan fingerprint density at radius 3 is 2.88 bits per heavy atom. The molecule has 0 aromatic rings. The van der Waals surface area contributed by atoms with Gasteiger partial charge in [-0.2, -0.15) is 0 Å². The molecule has 2 fully saturated rings. The van der Waals surface area contributed by atoms with Crippen LogP contribution in [0.15, 0.2) is 0 Å². The SMILES string of the molecule is CCOC(=O)C1CC2(CCC1=S)OCCO2. The zero-order valence-electron chi connectivity index (χ0n) is 9.36. The van der Waals surface area contributed by atoms with Crippen LogP contribution in [0.25, 0.3) is 0 Å². The Bertz CT molecular complexity index is 296. The van der Waals surface area contributed by atoms with Crippen LogP contribution >= 0.6 is 12.2 Å². The third kappa shape index (κ3) is 2.26. The van der Waals surface area contributed by atoms with Crippen molar-refractivity contribution in [3.05, 3.63) is 0 Å². The summed E-state index contributed by atoms with van der Waals surface area (Å²) in [6, 6.07) is 0. The molecule has 2 aliphatic rings. The van der Waals surface area contributed by atoms with Crippen LogP contribution in [-0.4, -0.2) is 36.4 Å². The lowest BCUT2D eigenvalue weighted by Crippen LogP contribution is -2.43. The number of ether oxygens (including phenoxy) is 3. The number of hydrogen-bond acceptors (Lipinski definition) is 5. The maximum atomic E-state index is 11.7. The smallest absolute Gasteiger partial charge is 0.314 e. The first-order valence-corrected chi connectivity index (χ1v) is 6.05. The molecule has 1 aliphatic carbocycles. The molecule has 0 amide bonds. The van der Waals surface area contributed by atoms with Crippen molar-refractivity contribution in [1.29, 1.82) is 0 Å². The summed E-state index contributed by atoms with van der Waals surface area (Å²) in [5, 5.41) is 0. The average Bonchev–Trinajstić information content (AvgIpc) is 2.71. The van der Waals surface area contributed by atoms with E-state index >= 15 is 0 Å². The second-order valence-corrected chi connectivity index (χ2v) is 4.61. The van der Waals surface area contributed by atoms with E-state index < -0.39 is 5.79 Å². The molecule has 1 saturated carbocycles. The van der Waals surface area contributed by atoms with Gasteiger partial charge in [0.2, 0.25) is 0 Å². The van der Waals surface area contributed by atoms with Gasteiger partial charge in [-0.15, -0.1) is 0 Å². The van der Waals surface area contributed by atoms with Gasteiger partial charge in [0.15, 0.2) is 5.79 Å². The van der Waals surface area contributed by atoms with Gasteiger partial charge in [-0.25, -0.2) is 0 Å². The molecule has 0 bridgehead atoms. The first-order chi connectivity index (χ1) is 7.67. The molecule has 2 rings (SSSR count). The van der Waals surface area contributed by atoms with Crippen molar-refractivity contribution in [2.45, 2.75) is 32.0 Å². The van der Waals surface area contributed by atoms with Crippen LogP contribution in [0.2, 0.25) is 0 Å². The number of carbonyl (C=O) groups excluding carboxylic acids is 1. The average molecular weight is 244 g/mol. The molecule has 16 heavy (non-hydrogen) atoms. The Labute approximate surface area is 100 Å².